The molecule has 128 valence electrons. The van der Waals surface area contributed by atoms with E-state index < -0.39 is 0 Å². The molecule has 0 saturated carbocycles. The van der Waals surface area contributed by atoms with E-state index in [2.05, 4.69) is 10.6 Å². The van der Waals surface area contributed by atoms with Gasteiger partial charge in [-0.3, -0.25) is 9.59 Å². The van der Waals surface area contributed by atoms with Crippen molar-refractivity contribution in [3.05, 3.63) is 52.2 Å². The molecule has 2 N–H and O–H groups in total. The Kier molecular flexibility index (Phi) is 6.37. The molecule has 0 radical (unpaired) electrons. The fraction of sp³-hybridized carbons (Fsp3) is 0.333. The quantitative estimate of drug-likeness (QED) is 0.811. The molecule has 0 unspecified atom stereocenters. The van der Waals surface area contributed by atoms with Gasteiger partial charge in [-0.15, -0.1) is 11.3 Å². The van der Waals surface area contributed by atoms with Crippen LogP contribution < -0.4 is 15.5 Å². The SMILES string of the molecule is CC(=O)N[C@H](CC(=O)NCc1ccc(N(C)C)cc1)c1cccs1. The molecule has 5 nitrogen and oxygen atoms in total. The van der Waals surface area contributed by atoms with Gasteiger partial charge in [-0.25, -0.2) is 0 Å². The Balaban J connectivity index is 1.90. The van der Waals surface area contributed by atoms with Crippen molar-refractivity contribution in [2.45, 2.75) is 25.9 Å². The van der Waals surface area contributed by atoms with E-state index >= 15 is 0 Å². The molecule has 1 aromatic heterocycles. The first-order chi connectivity index (χ1) is 11.5. The third-order valence-corrected chi connectivity index (χ3v) is 4.58. The van der Waals surface area contributed by atoms with Gasteiger partial charge in [-0.05, 0) is 29.1 Å². The Bertz CT molecular complexity index is 666. The fourth-order valence-electron chi connectivity index (χ4n) is 2.33. The van der Waals surface area contributed by atoms with Crippen LogP contribution in [0.25, 0.3) is 0 Å². The van der Waals surface area contributed by atoms with Crippen LogP contribution >= 0.6 is 11.3 Å². The number of nitrogens with zero attached hydrogens (tertiary/aromatic N) is 1. The molecule has 0 fully saturated rings. The maximum atomic E-state index is 12.2. The Morgan fingerprint density at radius 2 is 1.88 bits per heavy atom. The summed E-state index contributed by atoms with van der Waals surface area (Å²) >= 11 is 1.53. The molecule has 0 aliphatic carbocycles. The molecule has 6 heteroatoms. The Labute approximate surface area is 146 Å². The van der Waals surface area contributed by atoms with Gasteiger partial charge in [0.1, 0.15) is 0 Å². The van der Waals surface area contributed by atoms with Crippen LogP contribution in [0, 0.1) is 0 Å². The average molecular weight is 345 g/mol. The van der Waals surface area contributed by atoms with Crippen molar-refractivity contribution < 1.29 is 9.59 Å². The lowest BCUT2D eigenvalue weighted by atomic mass is 10.1. The first-order valence-electron chi connectivity index (χ1n) is 7.79. The predicted molar refractivity (Wildman–Crippen MR) is 98.1 cm³/mol. The van der Waals surface area contributed by atoms with Crippen LogP contribution in [-0.4, -0.2) is 25.9 Å². The molecular formula is C18H23N3O2S. The summed E-state index contributed by atoms with van der Waals surface area (Å²) in [6.07, 6.45) is 0.232. The van der Waals surface area contributed by atoms with E-state index in [0.717, 1.165) is 16.1 Å². The molecule has 1 heterocycles. The monoisotopic (exact) mass is 345 g/mol. The van der Waals surface area contributed by atoms with Crippen LogP contribution in [0.4, 0.5) is 5.69 Å². The van der Waals surface area contributed by atoms with Crippen molar-refractivity contribution in [1.29, 1.82) is 0 Å². The van der Waals surface area contributed by atoms with Crippen molar-refractivity contribution in [3.8, 4) is 0 Å². The van der Waals surface area contributed by atoms with Crippen LogP contribution in [0.15, 0.2) is 41.8 Å². The van der Waals surface area contributed by atoms with Crippen molar-refractivity contribution in [3.63, 3.8) is 0 Å². The topological polar surface area (TPSA) is 61.4 Å². The van der Waals surface area contributed by atoms with Gasteiger partial charge in [0.05, 0.1) is 12.5 Å². The van der Waals surface area contributed by atoms with Crippen LogP contribution in [0.1, 0.15) is 29.8 Å². The van der Waals surface area contributed by atoms with Crippen molar-refractivity contribution in [1.82, 2.24) is 10.6 Å². The highest BCUT2D eigenvalue weighted by Gasteiger charge is 2.17. The Morgan fingerprint density at radius 1 is 1.17 bits per heavy atom. The second-order valence-electron chi connectivity index (χ2n) is 5.81. The highest BCUT2D eigenvalue weighted by atomic mass is 32.1. The van der Waals surface area contributed by atoms with Crippen molar-refractivity contribution in [2.75, 3.05) is 19.0 Å². The van der Waals surface area contributed by atoms with E-state index in [9.17, 15) is 9.59 Å². The number of nitrogens with one attached hydrogen (secondary N) is 2. The maximum Gasteiger partial charge on any atom is 0.222 e. The number of rotatable bonds is 7. The minimum absolute atomic E-state index is 0.0844. The Hall–Kier alpha value is -2.34. The first kappa shape index (κ1) is 18.0. The maximum absolute atomic E-state index is 12.2. The number of thiophene rings is 1. The number of hydrogen-bond acceptors (Lipinski definition) is 4. The lowest BCUT2D eigenvalue weighted by Crippen LogP contribution is -2.32. The number of benzene rings is 1. The van der Waals surface area contributed by atoms with E-state index in [4.69, 9.17) is 0 Å². The molecule has 0 bridgehead atoms. The highest BCUT2D eigenvalue weighted by Crippen LogP contribution is 2.22. The van der Waals surface area contributed by atoms with Crippen LogP contribution in [-0.2, 0) is 16.1 Å². The summed E-state index contributed by atoms with van der Waals surface area (Å²) in [6, 6.07) is 11.6. The molecule has 24 heavy (non-hydrogen) atoms. The fourth-order valence-corrected chi connectivity index (χ4v) is 3.11. The molecule has 0 saturated heterocycles. The summed E-state index contributed by atoms with van der Waals surface area (Å²) in [6.45, 7) is 1.94. The smallest absolute Gasteiger partial charge is 0.222 e. The van der Waals surface area contributed by atoms with Crippen LogP contribution in [0.5, 0.6) is 0 Å². The zero-order chi connectivity index (χ0) is 17.5. The van der Waals surface area contributed by atoms with Gasteiger partial charge in [-0.2, -0.15) is 0 Å². The zero-order valence-electron chi connectivity index (χ0n) is 14.2. The van der Waals surface area contributed by atoms with Gasteiger partial charge in [0.15, 0.2) is 0 Å². The summed E-state index contributed by atoms with van der Waals surface area (Å²) in [7, 11) is 3.98. The van der Waals surface area contributed by atoms with E-state index in [0.29, 0.717) is 6.54 Å². The minimum Gasteiger partial charge on any atom is -0.378 e. The third kappa shape index (κ3) is 5.38. The molecule has 2 rings (SSSR count). The predicted octanol–water partition coefficient (Wildman–Crippen LogP) is 2.70. The van der Waals surface area contributed by atoms with Crippen LogP contribution in [0.2, 0.25) is 0 Å². The summed E-state index contributed by atoms with van der Waals surface area (Å²) in [5.74, 6) is -0.223. The number of hydrogen-bond donors (Lipinski definition) is 2. The summed E-state index contributed by atoms with van der Waals surface area (Å²) in [5.41, 5.74) is 2.16. The minimum atomic E-state index is -0.279. The summed E-state index contributed by atoms with van der Waals surface area (Å²) in [5, 5.41) is 7.69. The van der Waals surface area contributed by atoms with Crippen molar-refractivity contribution >= 4 is 28.8 Å². The highest BCUT2D eigenvalue weighted by molar-refractivity contribution is 7.10. The molecule has 0 spiro atoms. The van der Waals surface area contributed by atoms with E-state index in [-0.39, 0.29) is 24.3 Å². The molecule has 1 atom stereocenters. The summed E-state index contributed by atoms with van der Waals surface area (Å²) in [4.78, 5) is 26.6. The number of carbonyl (C=O) groups excluding carboxylic acids is 2. The van der Waals surface area contributed by atoms with Crippen LogP contribution in [0.3, 0.4) is 0 Å². The Morgan fingerprint density at radius 3 is 2.42 bits per heavy atom. The zero-order valence-corrected chi connectivity index (χ0v) is 15.0. The van der Waals surface area contributed by atoms with Gasteiger partial charge in [0.2, 0.25) is 11.8 Å². The molecule has 0 aliphatic rings. The van der Waals surface area contributed by atoms with Gasteiger partial charge in [0, 0.05) is 38.1 Å². The molecule has 2 amide bonds. The number of amides is 2. The van der Waals surface area contributed by atoms with Gasteiger partial charge >= 0.3 is 0 Å². The number of carbonyl (C=O) groups is 2. The molecule has 0 aliphatic heterocycles. The normalized spacial score (nSPS) is 11.6. The molecular weight excluding hydrogens is 322 g/mol. The van der Waals surface area contributed by atoms with Crippen molar-refractivity contribution in [2.24, 2.45) is 0 Å². The van der Waals surface area contributed by atoms with Gasteiger partial charge in [-0.1, -0.05) is 18.2 Å². The largest absolute Gasteiger partial charge is 0.378 e. The van der Waals surface area contributed by atoms with Gasteiger partial charge < -0.3 is 15.5 Å². The van der Waals surface area contributed by atoms with E-state index in [1.54, 1.807) is 0 Å². The summed E-state index contributed by atoms with van der Waals surface area (Å²) < 4.78 is 0. The average Bonchev–Trinajstić information content (AvgIpc) is 3.06. The third-order valence-electron chi connectivity index (χ3n) is 3.60. The second-order valence-corrected chi connectivity index (χ2v) is 6.79. The van der Waals surface area contributed by atoms with E-state index in [1.807, 2.05) is 60.8 Å². The standard InChI is InChI=1S/C18H23N3O2S/c1-13(22)20-16(17-5-4-10-24-17)11-18(23)19-12-14-6-8-15(9-7-14)21(2)3/h4-10,16H,11-12H2,1-3H3,(H,19,23)(H,20,22)/t16-/m1/s1. The first-order valence-corrected chi connectivity index (χ1v) is 8.67. The molecule has 2 aromatic rings. The lowest BCUT2D eigenvalue weighted by Gasteiger charge is -2.16. The second kappa shape index (κ2) is 8.49. The van der Waals surface area contributed by atoms with E-state index in [1.165, 1.54) is 18.3 Å². The lowest BCUT2D eigenvalue weighted by molar-refractivity contribution is -0.122. The molecule has 1 aromatic carbocycles. The number of anilines is 1. The van der Waals surface area contributed by atoms with Gasteiger partial charge in [0.25, 0.3) is 0 Å².